The molecule has 3 heterocycles. The van der Waals surface area contributed by atoms with Crippen molar-refractivity contribution in [3.63, 3.8) is 0 Å². The third-order valence-electron chi connectivity index (χ3n) is 9.11. The third kappa shape index (κ3) is 14.1. The standard InChI is InChI=1S/C18H13NO4S.2C15H13NO3S2/c20-16(21)11-19-17(22)15(24-18(19)23)10-12-6-8-14(9-7-12)13-4-2-1-3-5-13;1-10(14(18)19)16-13(17)12(21-15(16)20)9-5-8-11-6-3-2-4-7-11;1-10(7-11-5-3-2-4-6-11)8-12-14(19)16(9-13(17)18)15(20)21-12/h1-10H,11H2,(H,20,21);2-10H,1H3,(H,18,19);2-8H,9H2,1H3,(H,17,18)/b15-10-;8-5+,12-9-;. The molecule has 1 unspecified atom stereocenters. The second-order valence-corrected chi connectivity index (χ2v) is 18.3. The van der Waals surface area contributed by atoms with Crippen LogP contribution < -0.4 is 0 Å². The summed E-state index contributed by atoms with van der Waals surface area (Å²) >= 11 is 13.1. The summed E-state index contributed by atoms with van der Waals surface area (Å²) in [6.45, 7) is 2.31. The molecule has 18 heteroatoms. The molecule has 4 aromatic carbocycles. The molecule has 0 bridgehead atoms. The number of amides is 4. The zero-order chi connectivity index (χ0) is 47.9. The molecule has 4 aromatic rings. The highest BCUT2D eigenvalue weighted by atomic mass is 32.2. The highest BCUT2D eigenvalue weighted by Gasteiger charge is 2.38. The number of benzene rings is 4. The summed E-state index contributed by atoms with van der Waals surface area (Å²) < 4.78 is 0.551. The summed E-state index contributed by atoms with van der Waals surface area (Å²) in [4.78, 5) is 84.6. The van der Waals surface area contributed by atoms with Crippen LogP contribution in [0, 0.1) is 0 Å². The Labute approximate surface area is 403 Å². The van der Waals surface area contributed by atoms with Gasteiger partial charge in [-0.05, 0) is 77.2 Å². The predicted octanol–water partition coefficient (Wildman–Crippen LogP) is 9.31. The number of thioether (sulfide) groups is 3. The van der Waals surface area contributed by atoms with Gasteiger partial charge in [0.25, 0.3) is 23.0 Å². The van der Waals surface area contributed by atoms with Crippen molar-refractivity contribution < 1.29 is 48.9 Å². The molecule has 1 atom stereocenters. The normalized spacial score (nSPS) is 17.4. The van der Waals surface area contributed by atoms with Crippen LogP contribution in [0.3, 0.4) is 0 Å². The maximum absolute atomic E-state index is 12.2. The molecule has 0 radical (unpaired) electrons. The molecule has 4 amide bonds. The lowest BCUT2D eigenvalue weighted by molar-refractivity contribution is -0.144. The van der Waals surface area contributed by atoms with Gasteiger partial charge >= 0.3 is 17.9 Å². The van der Waals surface area contributed by atoms with Crippen LogP contribution in [0.25, 0.3) is 29.4 Å². The zero-order valence-electron chi connectivity index (χ0n) is 35.0. The Morgan fingerprint density at radius 2 is 1.12 bits per heavy atom. The van der Waals surface area contributed by atoms with E-state index in [9.17, 15) is 33.6 Å². The summed E-state index contributed by atoms with van der Waals surface area (Å²) in [6.07, 6.45) is 10.6. The largest absolute Gasteiger partial charge is 0.480 e. The quantitative estimate of drug-likeness (QED) is 0.0899. The molecular formula is C48H39N3O10S5. The van der Waals surface area contributed by atoms with E-state index < -0.39 is 48.2 Å². The fourth-order valence-corrected chi connectivity index (χ4v) is 9.42. The smallest absolute Gasteiger partial charge is 0.326 e. The Morgan fingerprint density at radius 3 is 1.70 bits per heavy atom. The van der Waals surface area contributed by atoms with Crippen molar-refractivity contribution in [1.82, 2.24) is 14.7 Å². The number of allylic oxidation sites excluding steroid dienone is 4. The number of hydrogen-bond donors (Lipinski definition) is 3. The maximum atomic E-state index is 12.2. The molecule has 0 aliphatic carbocycles. The fraction of sp³-hybridized carbons (Fsp3) is 0.104. The minimum absolute atomic E-state index is 0.230. The van der Waals surface area contributed by atoms with E-state index in [1.165, 1.54) is 6.92 Å². The second kappa shape index (κ2) is 24.0. The van der Waals surface area contributed by atoms with Gasteiger partial charge in [-0.1, -0.05) is 181 Å². The molecule has 66 heavy (non-hydrogen) atoms. The number of aliphatic carboxylic acids is 3. The van der Waals surface area contributed by atoms with Crippen LogP contribution in [0.5, 0.6) is 0 Å². The van der Waals surface area contributed by atoms with Crippen molar-refractivity contribution in [3.05, 3.63) is 170 Å². The van der Waals surface area contributed by atoms with Crippen LogP contribution in [0.4, 0.5) is 4.79 Å². The van der Waals surface area contributed by atoms with Gasteiger partial charge in [-0.25, -0.2) is 4.79 Å². The summed E-state index contributed by atoms with van der Waals surface area (Å²) in [5.74, 6) is -4.66. The van der Waals surface area contributed by atoms with E-state index in [-0.39, 0.29) is 25.4 Å². The van der Waals surface area contributed by atoms with Crippen molar-refractivity contribution in [2.24, 2.45) is 0 Å². The number of rotatable bonds is 12. The SMILES string of the molecule is CC(=Cc1ccccc1)C=C1SC(=S)N(CC(=O)O)C1=O.CC(C(=O)O)N1C(=O)/C(=C/C=C/c2ccccc2)SC1=S.O=C(O)CN1C(=O)S/C(=C\c2ccc(-c3ccccc3)cc2)C1=O. The maximum Gasteiger partial charge on any atom is 0.326 e. The molecule has 0 spiro atoms. The van der Waals surface area contributed by atoms with E-state index in [0.717, 1.165) is 83.4 Å². The van der Waals surface area contributed by atoms with Gasteiger partial charge in [-0.15, -0.1) is 0 Å². The Morgan fingerprint density at radius 1 is 0.606 bits per heavy atom. The number of carboxylic acids is 3. The number of hydrogen-bond acceptors (Lipinski definition) is 12. The number of imide groups is 1. The lowest BCUT2D eigenvalue weighted by Gasteiger charge is -2.18. The molecule has 3 aliphatic rings. The van der Waals surface area contributed by atoms with E-state index >= 15 is 0 Å². The first-order valence-electron chi connectivity index (χ1n) is 19.6. The molecular weight excluding hydrogens is 939 g/mol. The first-order chi connectivity index (χ1) is 31.5. The summed E-state index contributed by atoms with van der Waals surface area (Å²) in [5, 5.41) is 26.0. The number of carbonyl (C=O) groups excluding carboxylic acids is 4. The lowest BCUT2D eigenvalue weighted by Crippen LogP contribution is -2.41. The van der Waals surface area contributed by atoms with E-state index in [4.69, 9.17) is 39.8 Å². The van der Waals surface area contributed by atoms with Crippen LogP contribution in [0.1, 0.15) is 30.5 Å². The highest BCUT2D eigenvalue weighted by molar-refractivity contribution is 8.27. The minimum atomic E-state index is -1.22. The summed E-state index contributed by atoms with van der Waals surface area (Å²) in [6, 6.07) is 35.9. The van der Waals surface area contributed by atoms with Crippen molar-refractivity contribution in [2.75, 3.05) is 13.1 Å². The fourth-order valence-electron chi connectivity index (χ4n) is 5.91. The average molecular weight is 978 g/mol. The summed E-state index contributed by atoms with van der Waals surface area (Å²) in [5.41, 5.74) is 5.86. The zero-order valence-corrected chi connectivity index (χ0v) is 39.1. The van der Waals surface area contributed by atoms with E-state index in [1.54, 1.807) is 24.3 Å². The molecule has 3 N–H and O–H groups in total. The number of carbonyl (C=O) groups is 7. The van der Waals surface area contributed by atoms with Gasteiger partial charge in [0.05, 0.1) is 14.7 Å². The predicted molar refractivity (Wildman–Crippen MR) is 268 cm³/mol. The Bertz CT molecular complexity index is 2700. The topological polar surface area (TPSA) is 190 Å². The Hall–Kier alpha value is -6.70. The van der Waals surface area contributed by atoms with Crippen LogP contribution in [-0.4, -0.2) is 98.7 Å². The molecule has 0 saturated carbocycles. The Kier molecular flexibility index (Phi) is 18.3. The number of carboxylic acid groups (broad SMARTS) is 3. The average Bonchev–Trinajstić information content (AvgIpc) is 3.83. The second-order valence-electron chi connectivity index (χ2n) is 14.0. The van der Waals surface area contributed by atoms with Gasteiger partial charge in [0, 0.05) is 0 Å². The van der Waals surface area contributed by atoms with Crippen molar-refractivity contribution in [1.29, 1.82) is 0 Å². The van der Waals surface area contributed by atoms with Crippen molar-refractivity contribution in [3.8, 4) is 11.1 Å². The molecule has 13 nitrogen and oxygen atoms in total. The highest BCUT2D eigenvalue weighted by Crippen LogP contribution is 2.34. The van der Waals surface area contributed by atoms with E-state index in [0.29, 0.717) is 9.81 Å². The van der Waals surface area contributed by atoms with Gasteiger partial charge in [-0.2, -0.15) is 0 Å². The first kappa shape index (κ1) is 50.3. The monoisotopic (exact) mass is 977 g/mol. The lowest BCUT2D eigenvalue weighted by atomic mass is 10.0. The van der Waals surface area contributed by atoms with Crippen molar-refractivity contribution in [2.45, 2.75) is 19.9 Å². The molecule has 3 aliphatic heterocycles. The number of thiocarbonyl (C=S) groups is 2. The number of nitrogens with zero attached hydrogens (tertiary/aromatic N) is 3. The molecule has 0 aromatic heterocycles. The minimum Gasteiger partial charge on any atom is -0.480 e. The van der Waals surface area contributed by atoms with Gasteiger partial charge in [0.1, 0.15) is 27.8 Å². The molecule has 7 rings (SSSR count). The van der Waals surface area contributed by atoms with Gasteiger partial charge in [0.15, 0.2) is 0 Å². The van der Waals surface area contributed by atoms with Crippen LogP contribution in [-0.2, 0) is 28.8 Å². The van der Waals surface area contributed by atoms with Gasteiger partial charge in [0.2, 0.25) is 0 Å². The van der Waals surface area contributed by atoms with Crippen LogP contribution in [0.2, 0.25) is 0 Å². The summed E-state index contributed by atoms with van der Waals surface area (Å²) in [7, 11) is 0. The van der Waals surface area contributed by atoms with Crippen LogP contribution in [0.15, 0.2) is 154 Å². The first-order valence-corrected chi connectivity index (χ1v) is 22.8. The van der Waals surface area contributed by atoms with Gasteiger partial charge in [-0.3, -0.25) is 43.5 Å². The van der Waals surface area contributed by atoms with E-state index in [2.05, 4.69) is 0 Å². The van der Waals surface area contributed by atoms with Gasteiger partial charge < -0.3 is 15.3 Å². The molecule has 3 saturated heterocycles. The van der Waals surface area contributed by atoms with Crippen LogP contribution >= 0.6 is 59.7 Å². The Balaban J connectivity index is 0.000000186. The molecule has 3 fully saturated rings. The third-order valence-corrected chi connectivity index (χ3v) is 12.7. The van der Waals surface area contributed by atoms with E-state index in [1.807, 2.05) is 134 Å². The van der Waals surface area contributed by atoms with Crippen molar-refractivity contribution >= 4 is 127 Å². The molecule has 336 valence electrons.